The van der Waals surface area contributed by atoms with Gasteiger partial charge in [-0.2, -0.15) is 5.26 Å². The highest BCUT2D eigenvalue weighted by Crippen LogP contribution is 2.29. The van der Waals surface area contributed by atoms with E-state index in [2.05, 4.69) is 26.8 Å². The summed E-state index contributed by atoms with van der Waals surface area (Å²) in [6.07, 6.45) is 2.03. The molecule has 0 N–H and O–H groups in total. The summed E-state index contributed by atoms with van der Waals surface area (Å²) < 4.78 is 7.83. The Morgan fingerprint density at radius 3 is 2.04 bits per heavy atom. The molecular weight excluding hydrogens is 296 g/mol. The number of hydrogen-bond donors (Lipinski definition) is 0. The third-order valence-corrected chi connectivity index (χ3v) is 3.82. The van der Waals surface area contributed by atoms with Crippen molar-refractivity contribution in [1.82, 2.24) is 4.57 Å². The fraction of sp³-hybridized carbons (Fsp3) is 0.190. The van der Waals surface area contributed by atoms with Crippen LogP contribution in [0.15, 0.2) is 66.9 Å². The van der Waals surface area contributed by atoms with Gasteiger partial charge < -0.3 is 9.30 Å². The van der Waals surface area contributed by atoms with Gasteiger partial charge in [0, 0.05) is 17.3 Å². The van der Waals surface area contributed by atoms with Crippen LogP contribution in [0.4, 0.5) is 0 Å². The van der Waals surface area contributed by atoms with Crippen molar-refractivity contribution >= 4 is 0 Å². The molecule has 1 aromatic heterocycles. The molecule has 3 heteroatoms. The number of rotatable bonds is 3. The van der Waals surface area contributed by atoms with Gasteiger partial charge in [0.1, 0.15) is 23.3 Å². The van der Waals surface area contributed by atoms with Crippen molar-refractivity contribution in [2.24, 2.45) is 0 Å². The van der Waals surface area contributed by atoms with Gasteiger partial charge in [0.2, 0.25) is 0 Å². The first kappa shape index (κ1) is 15.9. The fourth-order valence-electron chi connectivity index (χ4n) is 2.60. The normalized spacial score (nSPS) is 11.1. The van der Waals surface area contributed by atoms with Crippen molar-refractivity contribution in [3.63, 3.8) is 0 Å². The zero-order valence-electron chi connectivity index (χ0n) is 14.2. The quantitative estimate of drug-likeness (QED) is 0.633. The second-order valence-corrected chi connectivity index (χ2v) is 6.71. The average molecular weight is 316 g/mol. The molecule has 120 valence electrons. The van der Waals surface area contributed by atoms with Gasteiger partial charge in [-0.25, -0.2) is 0 Å². The van der Waals surface area contributed by atoms with Crippen molar-refractivity contribution in [2.75, 3.05) is 0 Å². The van der Waals surface area contributed by atoms with E-state index < -0.39 is 0 Å². The highest BCUT2D eigenvalue weighted by molar-refractivity contribution is 5.65. The summed E-state index contributed by atoms with van der Waals surface area (Å²) in [6, 6.07) is 21.8. The van der Waals surface area contributed by atoms with Gasteiger partial charge in [0.15, 0.2) is 0 Å². The molecule has 3 rings (SSSR count). The summed E-state index contributed by atoms with van der Waals surface area (Å²) in [6.45, 7) is 6.28. The predicted octanol–water partition coefficient (Wildman–Crippen LogP) is 5.57. The van der Waals surface area contributed by atoms with E-state index in [-0.39, 0.29) is 5.54 Å². The number of ether oxygens (including phenoxy) is 1. The topological polar surface area (TPSA) is 38.0 Å². The Morgan fingerprint density at radius 2 is 1.50 bits per heavy atom. The number of nitrogens with zero attached hydrogens (tertiary/aromatic N) is 2. The second-order valence-electron chi connectivity index (χ2n) is 6.71. The summed E-state index contributed by atoms with van der Waals surface area (Å²) in [7, 11) is 0. The summed E-state index contributed by atoms with van der Waals surface area (Å²) in [5.74, 6) is 1.61. The summed E-state index contributed by atoms with van der Waals surface area (Å²) in [5, 5.41) is 9.36. The van der Waals surface area contributed by atoms with Crippen LogP contribution in [-0.2, 0) is 5.54 Å². The molecule has 3 nitrogen and oxygen atoms in total. The molecule has 0 fully saturated rings. The lowest BCUT2D eigenvalue weighted by atomic mass is 10.1. The van der Waals surface area contributed by atoms with E-state index in [0.29, 0.717) is 5.69 Å². The highest BCUT2D eigenvalue weighted by atomic mass is 16.5. The second kappa shape index (κ2) is 6.25. The lowest BCUT2D eigenvalue weighted by Crippen LogP contribution is -2.22. The van der Waals surface area contributed by atoms with E-state index in [0.717, 1.165) is 22.6 Å². The van der Waals surface area contributed by atoms with E-state index in [9.17, 15) is 5.26 Å². The molecule has 0 saturated carbocycles. The SMILES string of the molecule is CC(C)(C)n1cc(-c2ccc(Oc3ccccc3)cc2)cc1C#N. The van der Waals surface area contributed by atoms with Crippen LogP contribution < -0.4 is 4.74 Å². The van der Waals surface area contributed by atoms with Crippen LogP contribution in [0.2, 0.25) is 0 Å². The first-order valence-corrected chi connectivity index (χ1v) is 7.94. The number of aromatic nitrogens is 1. The van der Waals surface area contributed by atoms with Crippen LogP contribution in [-0.4, -0.2) is 4.57 Å². The lowest BCUT2D eigenvalue weighted by molar-refractivity contribution is 0.395. The minimum absolute atomic E-state index is 0.125. The first-order valence-electron chi connectivity index (χ1n) is 7.94. The maximum Gasteiger partial charge on any atom is 0.127 e. The molecule has 0 bridgehead atoms. The van der Waals surface area contributed by atoms with E-state index >= 15 is 0 Å². The summed E-state index contributed by atoms with van der Waals surface area (Å²) >= 11 is 0. The van der Waals surface area contributed by atoms with Crippen LogP contribution >= 0.6 is 0 Å². The van der Waals surface area contributed by atoms with Gasteiger partial charge >= 0.3 is 0 Å². The summed E-state index contributed by atoms with van der Waals surface area (Å²) in [5.41, 5.74) is 2.64. The minimum Gasteiger partial charge on any atom is -0.457 e. The molecule has 24 heavy (non-hydrogen) atoms. The predicted molar refractivity (Wildman–Crippen MR) is 96.1 cm³/mol. The molecule has 0 aliphatic carbocycles. The molecule has 1 heterocycles. The zero-order valence-corrected chi connectivity index (χ0v) is 14.2. The molecule has 0 aliphatic rings. The number of benzene rings is 2. The lowest BCUT2D eigenvalue weighted by Gasteiger charge is -2.22. The molecule has 0 atom stereocenters. The van der Waals surface area contributed by atoms with Gasteiger partial charge in [0.25, 0.3) is 0 Å². The third-order valence-electron chi connectivity index (χ3n) is 3.82. The zero-order chi connectivity index (χ0) is 17.2. The van der Waals surface area contributed by atoms with Gasteiger partial charge in [-0.05, 0) is 56.7 Å². The van der Waals surface area contributed by atoms with E-state index in [1.807, 2.05) is 71.4 Å². The molecule has 3 aromatic rings. The molecule has 0 radical (unpaired) electrons. The van der Waals surface area contributed by atoms with E-state index in [1.54, 1.807) is 0 Å². The van der Waals surface area contributed by atoms with Crippen LogP contribution in [0.1, 0.15) is 26.5 Å². The Bertz CT molecular complexity index is 863. The largest absolute Gasteiger partial charge is 0.457 e. The Hall–Kier alpha value is -2.99. The highest BCUT2D eigenvalue weighted by Gasteiger charge is 2.18. The molecule has 0 unspecified atom stereocenters. The van der Waals surface area contributed by atoms with Crippen molar-refractivity contribution in [2.45, 2.75) is 26.3 Å². The Balaban J connectivity index is 1.86. The molecule has 2 aromatic carbocycles. The standard InChI is InChI=1S/C21H20N2O/c1-21(2,3)23-15-17(13-18(23)14-22)16-9-11-20(12-10-16)24-19-7-5-4-6-8-19/h4-13,15H,1-3H3. The third kappa shape index (κ3) is 3.33. The van der Waals surface area contributed by atoms with Crippen molar-refractivity contribution in [1.29, 1.82) is 5.26 Å². The Labute approximate surface area is 142 Å². The van der Waals surface area contributed by atoms with Crippen molar-refractivity contribution in [3.8, 4) is 28.7 Å². The maximum atomic E-state index is 9.36. The molecule has 0 spiro atoms. The monoisotopic (exact) mass is 316 g/mol. The molecule has 0 amide bonds. The van der Waals surface area contributed by atoms with E-state index in [1.165, 1.54) is 0 Å². The number of hydrogen-bond acceptors (Lipinski definition) is 2. The first-order chi connectivity index (χ1) is 11.5. The van der Waals surface area contributed by atoms with Crippen LogP contribution in [0.3, 0.4) is 0 Å². The van der Waals surface area contributed by atoms with Gasteiger partial charge in [-0.1, -0.05) is 30.3 Å². The molecule has 0 saturated heterocycles. The Kier molecular flexibility index (Phi) is 4.14. The van der Waals surface area contributed by atoms with Crippen LogP contribution in [0.25, 0.3) is 11.1 Å². The minimum atomic E-state index is -0.125. The maximum absolute atomic E-state index is 9.36. The van der Waals surface area contributed by atoms with Crippen molar-refractivity contribution < 1.29 is 4.74 Å². The average Bonchev–Trinajstić information content (AvgIpc) is 3.01. The van der Waals surface area contributed by atoms with Gasteiger partial charge in [-0.3, -0.25) is 0 Å². The summed E-state index contributed by atoms with van der Waals surface area (Å²) in [4.78, 5) is 0. The van der Waals surface area contributed by atoms with Crippen LogP contribution in [0, 0.1) is 11.3 Å². The number of nitriles is 1. The molecule has 0 aliphatic heterocycles. The number of para-hydroxylation sites is 1. The van der Waals surface area contributed by atoms with Gasteiger partial charge in [0.05, 0.1) is 0 Å². The van der Waals surface area contributed by atoms with Gasteiger partial charge in [-0.15, -0.1) is 0 Å². The molecular formula is C21H20N2O. The van der Waals surface area contributed by atoms with Crippen LogP contribution in [0.5, 0.6) is 11.5 Å². The fourth-order valence-corrected chi connectivity index (χ4v) is 2.60. The van der Waals surface area contributed by atoms with E-state index in [4.69, 9.17) is 4.74 Å². The smallest absolute Gasteiger partial charge is 0.127 e. The Morgan fingerprint density at radius 1 is 0.875 bits per heavy atom. The van der Waals surface area contributed by atoms with Crippen molar-refractivity contribution in [3.05, 3.63) is 72.6 Å².